The Labute approximate surface area is 375 Å². The fraction of sp³-hybridized carbons (Fsp3) is 0.0441. The second-order valence-electron chi connectivity index (χ2n) is 25.5. The highest BCUT2D eigenvalue weighted by molar-refractivity contribution is 6.82. The number of hydrogen-bond acceptors (Lipinski definition) is 1. The van der Waals surface area contributed by atoms with E-state index in [1.807, 2.05) is 0 Å². The van der Waals surface area contributed by atoms with Crippen LogP contribution in [0.4, 0.5) is 0 Å². The average Bonchev–Trinajstić information content (AvgIpc) is 4.35. The summed E-state index contributed by atoms with van der Waals surface area (Å²) < 4.78 is 0. The Hall–Kier alpha value is -8.65. The van der Waals surface area contributed by atoms with E-state index in [9.17, 15) is 0 Å². The van der Waals surface area contributed by atoms with Crippen LogP contribution in [0.5, 0.6) is 0 Å². The number of rotatable bonds is 1. The quantitative estimate of drug-likeness (QED) is 0.146. The van der Waals surface area contributed by atoms with E-state index < -0.39 is 10.8 Å². The first kappa shape index (κ1) is 24.9. The van der Waals surface area contributed by atoms with Crippen LogP contribution in [0.15, 0.2) is 35.3 Å². The summed E-state index contributed by atoms with van der Waals surface area (Å²) in [5.74, 6) is 0. The van der Waals surface area contributed by atoms with Crippen molar-refractivity contribution < 1.29 is 0 Å². The molecular weight excluding hydrogens is 831 g/mol. The number of hydrogen-bond donors (Lipinski definition) is 0. The van der Waals surface area contributed by atoms with Gasteiger partial charge in [0.15, 0.2) is 0 Å². The molecule has 0 bridgehead atoms. The van der Waals surface area contributed by atoms with Crippen LogP contribution in [-0.2, 0) is 10.8 Å². The standard InChI is InChI=1S/C68H7N/c1-2-4-7(5-3-1)66-68-64-58-52-42-30-22-14-10-8-9-12-16(14)24(30)34-28-20(12)21-13(9)17-15-11(8)19-18(10)26-32(22)40-46-36(26)37-27(19)33-23(15)31-25(17)35-29(21)39-38(28)50(44(34)52)60(64)61-51(39)45(35)53-43(31)49-41(33)47(37)55-54(46)62(56(58)48(40)42)67(68,6-69-66)63(55)57(49)59(53)65(61)68/h1-6,66H. The monoisotopic (exact) mass is 837 g/mol. The molecule has 0 radical (unpaired) electrons. The van der Waals surface area contributed by atoms with Gasteiger partial charge in [0, 0.05) is 6.21 Å². The van der Waals surface area contributed by atoms with Gasteiger partial charge in [-0.05, 0) is 319 Å². The van der Waals surface area contributed by atoms with Gasteiger partial charge in [0.2, 0.25) is 0 Å². The molecule has 1 unspecified atom stereocenters. The molecule has 1 aliphatic heterocycles. The molecule has 69 heavy (non-hydrogen) atoms. The minimum atomic E-state index is -0.418. The van der Waals surface area contributed by atoms with Crippen LogP contribution in [0.2, 0.25) is 0 Å². The van der Waals surface area contributed by atoms with Gasteiger partial charge in [0.05, 0.1) is 16.9 Å². The molecule has 4 aliphatic carbocycles. The van der Waals surface area contributed by atoms with Crippen LogP contribution in [0.1, 0.15) is 33.9 Å². The van der Waals surface area contributed by atoms with Crippen molar-refractivity contribution in [2.45, 2.75) is 16.9 Å². The van der Waals surface area contributed by atoms with Crippen LogP contribution < -0.4 is 0 Å². The molecule has 1 atom stereocenters. The van der Waals surface area contributed by atoms with Gasteiger partial charge in [-0.3, -0.25) is 4.99 Å². The zero-order valence-electron chi connectivity index (χ0n) is 35.0. The van der Waals surface area contributed by atoms with Crippen molar-refractivity contribution in [3.8, 4) is 0 Å². The minimum absolute atomic E-state index is 0.0329. The lowest BCUT2D eigenvalue weighted by Crippen LogP contribution is -2.52. The van der Waals surface area contributed by atoms with Crippen molar-refractivity contribution >= 4 is 297 Å². The van der Waals surface area contributed by atoms with Gasteiger partial charge in [-0.25, -0.2) is 0 Å². The average molecular weight is 838 g/mol. The molecule has 5 aliphatic rings. The summed E-state index contributed by atoms with van der Waals surface area (Å²) >= 11 is 0. The molecule has 1 heterocycles. The first-order valence-electron chi connectivity index (χ1n) is 25.8. The van der Waals surface area contributed by atoms with E-state index in [-0.39, 0.29) is 6.04 Å². The summed E-state index contributed by atoms with van der Waals surface area (Å²) in [6.07, 6.45) is 2.68. The third kappa shape index (κ3) is 1.29. The van der Waals surface area contributed by atoms with E-state index >= 15 is 0 Å². The Bertz CT molecular complexity index is 7190. The maximum atomic E-state index is 6.23. The molecule has 34 rings (SSSR count). The van der Waals surface area contributed by atoms with Crippen molar-refractivity contribution in [2.24, 2.45) is 4.99 Å². The zero-order valence-corrected chi connectivity index (χ0v) is 35.0. The van der Waals surface area contributed by atoms with Gasteiger partial charge in [-0.15, -0.1) is 0 Å². The largest absolute Gasteiger partial charge is 0.287 e. The number of aliphatic imine (C=N–C) groups is 1. The number of benzene rings is 19. The Morgan fingerprint density at radius 2 is 0.406 bits per heavy atom. The van der Waals surface area contributed by atoms with Gasteiger partial charge in [0.1, 0.15) is 0 Å². The summed E-state index contributed by atoms with van der Waals surface area (Å²) in [6.45, 7) is 0. The molecular formula is C68H7N. The topological polar surface area (TPSA) is 12.4 Å². The lowest BCUT2D eigenvalue weighted by molar-refractivity contribution is 0.379. The fourth-order valence-corrected chi connectivity index (χ4v) is 25.4. The minimum Gasteiger partial charge on any atom is -0.287 e. The van der Waals surface area contributed by atoms with Crippen molar-refractivity contribution in [3.63, 3.8) is 0 Å². The second-order valence-corrected chi connectivity index (χ2v) is 25.5. The van der Waals surface area contributed by atoms with Crippen LogP contribution in [0.25, 0.3) is 291 Å². The summed E-state index contributed by atoms with van der Waals surface area (Å²) in [5.41, 5.74) is 7.33. The van der Waals surface area contributed by atoms with E-state index in [0.717, 1.165) is 0 Å². The molecule has 0 aromatic heterocycles. The van der Waals surface area contributed by atoms with Crippen molar-refractivity contribution in [1.29, 1.82) is 0 Å². The summed E-state index contributed by atoms with van der Waals surface area (Å²) in [6, 6.07) is 11.8. The fourth-order valence-electron chi connectivity index (χ4n) is 25.4. The highest BCUT2D eigenvalue weighted by Crippen LogP contribution is 2.86. The summed E-state index contributed by atoms with van der Waals surface area (Å²) in [4.78, 5) is 6.23. The van der Waals surface area contributed by atoms with Gasteiger partial charge in [-0.2, -0.15) is 0 Å². The smallest absolute Gasteiger partial charge is 0.0899 e. The molecule has 284 valence electrons. The van der Waals surface area contributed by atoms with Gasteiger partial charge in [-0.1, -0.05) is 30.3 Å². The second kappa shape index (κ2) is 5.58. The van der Waals surface area contributed by atoms with E-state index in [1.165, 1.54) is 5.56 Å². The molecule has 0 N–H and O–H groups in total. The van der Waals surface area contributed by atoms with Crippen molar-refractivity contribution in [1.82, 2.24) is 0 Å². The molecule has 0 saturated heterocycles. The van der Waals surface area contributed by atoms with Crippen LogP contribution >= 0.6 is 0 Å². The maximum absolute atomic E-state index is 6.23. The Morgan fingerprint density at radius 1 is 0.217 bits per heavy atom. The van der Waals surface area contributed by atoms with E-state index in [2.05, 4.69) is 36.5 Å². The number of nitrogens with zero attached hydrogens (tertiary/aromatic N) is 1. The Balaban J connectivity index is 1.20. The van der Waals surface area contributed by atoms with E-state index in [4.69, 9.17) is 4.99 Å². The van der Waals surface area contributed by atoms with Gasteiger partial charge in [0.25, 0.3) is 0 Å². The van der Waals surface area contributed by atoms with Gasteiger partial charge < -0.3 is 0 Å². The normalized spacial score (nSPS) is 23.6. The first-order chi connectivity index (χ1) is 34.4. The molecule has 0 amide bonds. The highest BCUT2D eigenvalue weighted by Gasteiger charge is 2.74. The summed E-state index contributed by atoms with van der Waals surface area (Å²) in [5, 5.41) is 89.1. The third-order valence-corrected chi connectivity index (χ3v) is 25.4. The van der Waals surface area contributed by atoms with E-state index in [0.29, 0.717) is 0 Å². The lowest BCUT2D eigenvalue weighted by Gasteiger charge is -2.51. The molecule has 29 aromatic carbocycles. The van der Waals surface area contributed by atoms with E-state index in [1.54, 1.807) is 313 Å². The molecule has 29 aromatic rings. The van der Waals surface area contributed by atoms with Crippen LogP contribution in [-0.4, -0.2) is 6.21 Å². The first-order valence-corrected chi connectivity index (χ1v) is 25.8. The molecule has 0 saturated carbocycles. The molecule has 1 nitrogen and oxygen atoms in total. The van der Waals surface area contributed by atoms with Crippen LogP contribution in [0.3, 0.4) is 0 Å². The Kier molecular flexibility index (Phi) is 2.01. The van der Waals surface area contributed by atoms with Crippen LogP contribution in [0, 0.1) is 0 Å². The van der Waals surface area contributed by atoms with Gasteiger partial charge >= 0.3 is 0 Å². The molecule has 1 heteroatoms. The highest BCUT2D eigenvalue weighted by atomic mass is 14.9. The lowest BCUT2D eigenvalue weighted by atomic mass is 9.47. The maximum Gasteiger partial charge on any atom is 0.0899 e. The SMILES string of the molecule is C1=NC(c2ccccc2)C23c4c5c6c7c8c9c(c%10c%11c2c2c4c4c%12c5c5c6c6c8c8c%13c9c9c%10c%10c%11c%11c2c2c4c4c%12c%12c5c5c6c8c6c8c%13c9c9c%10c%10c%11c2c2c4c4c%12c5c6c5c8c9c%10c2c45)C173. The predicted molar refractivity (Wildman–Crippen MR) is 292 cm³/mol. The van der Waals surface area contributed by atoms with Crippen molar-refractivity contribution in [2.75, 3.05) is 0 Å². The molecule has 2 spiro atoms. The third-order valence-electron chi connectivity index (χ3n) is 25.4. The zero-order chi connectivity index (χ0) is 40.6. The molecule has 0 fully saturated rings. The van der Waals surface area contributed by atoms with Crippen molar-refractivity contribution in [3.05, 3.63) is 58.1 Å². The predicted octanol–water partition coefficient (Wildman–Crippen LogP) is 18.1. The summed E-state index contributed by atoms with van der Waals surface area (Å²) in [7, 11) is 0. The Morgan fingerprint density at radius 3 is 0.623 bits per heavy atom.